The molecule has 2 saturated heterocycles. The second kappa shape index (κ2) is 4.87. The molecule has 4 rings (SSSR count). The van der Waals surface area contributed by atoms with Crippen LogP contribution in [0.1, 0.15) is 19.8 Å². The maximum atomic E-state index is 9.23. The summed E-state index contributed by atoms with van der Waals surface area (Å²) in [5, 5.41) is 10.3. The molecule has 2 aromatic rings. The molecule has 0 aromatic carbocycles. The minimum absolute atomic E-state index is 0.153. The first-order valence-electron chi connectivity index (χ1n) is 7.87. The van der Waals surface area contributed by atoms with E-state index in [0.717, 1.165) is 49.5 Å². The zero-order chi connectivity index (χ0) is 15.2. The summed E-state index contributed by atoms with van der Waals surface area (Å²) in [4.78, 5) is 16.2. The van der Waals surface area contributed by atoms with Crippen LogP contribution in [0.3, 0.4) is 0 Å². The monoisotopic (exact) mass is 296 g/mol. The van der Waals surface area contributed by atoms with Gasteiger partial charge in [0.2, 0.25) is 0 Å². The second-order valence-electron chi connectivity index (χ2n) is 6.81. The number of anilines is 1. The molecule has 0 aliphatic carbocycles. The summed E-state index contributed by atoms with van der Waals surface area (Å²) in [5.41, 5.74) is 1.04. The van der Waals surface area contributed by atoms with Crippen LogP contribution in [0.5, 0.6) is 0 Å². The number of likely N-dealkylation sites (tertiary alicyclic amines) is 1. The molecule has 0 radical (unpaired) electrons. The van der Waals surface area contributed by atoms with Crippen molar-refractivity contribution in [2.75, 3.05) is 31.1 Å². The fourth-order valence-corrected chi connectivity index (χ4v) is 4.18. The van der Waals surface area contributed by atoms with Gasteiger partial charge in [-0.25, -0.2) is 9.97 Å². The Hall–Kier alpha value is -2.29. The zero-order valence-electron chi connectivity index (χ0n) is 12.8. The molecule has 0 saturated carbocycles. The first-order valence-corrected chi connectivity index (χ1v) is 7.87. The van der Waals surface area contributed by atoms with Crippen molar-refractivity contribution in [1.82, 2.24) is 19.9 Å². The molecular weight excluding hydrogens is 276 g/mol. The highest BCUT2D eigenvalue weighted by atomic mass is 15.2. The van der Waals surface area contributed by atoms with Gasteiger partial charge in [-0.2, -0.15) is 5.26 Å². The van der Waals surface area contributed by atoms with E-state index in [1.54, 1.807) is 6.33 Å². The van der Waals surface area contributed by atoms with Crippen LogP contribution in [0.4, 0.5) is 5.82 Å². The van der Waals surface area contributed by atoms with Crippen molar-refractivity contribution in [1.29, 1.82) is 5.26 Å². The van der Waals surface area contributed by atoms with Crippen molar-refractivity contribution >= 4 is 16.9 Å². The van der Waals surface area contributed by atoms with Crippen LogP contribution < -0.4 is 4.90 Å². The maximum absolute atomic E-state index is 9.23. The van der Waals surface area contributed by atoms with Crippen LogP contribution >= 0.6 is 0 Å². The third kappa shape index (κ3) is 2.00. The molecule has 22 heavy (non-hydrogen) atoms. The maximum Gasteiger partial charge on any atom is 0.179 e. The van der Waals surface area contributed by atoms with Gasteiger partial charge in [-0.05, 0) is 24.8 Å². The van der Waals surface area contributed by atoms with E-state index in [9.17, 15) is 5.26 Å². The molecule has 6 heteroatoms. The molecule has 2 aromatic heterocycles. The van der Waals surface area contributed by atoms with E-state index in [4.69, 9.17) is 0 Å². The number of hydrogen-bond donors (Lipinski definition) is 1. The van der Waals surface area contributed by atoms with Gasteiger partial charge in [0, 0.05) is 37.8 Å². The lowest BCUT2D eigenvalue weighted by atomic mass is 9.68. The standard InChI is InChI=1S/C16H20N6/c1-16-8-21(10-17)6-3-12(16)4-7-22(9-16)15-13-2-5-18-14(13)19-11-20-15/h2,5,11-12H,3-4,6-9H2,1H3,(H,18,19,20). The highest BCUT2D eigenvalue weighted by Gasteiger charge is 2.44. The number of rotatable bonds is 1. The van der Waals surface area contributed by atoms with Crippen molar-refractivity contribution in [3.05, 3.63) is 18.6 Å². The first kappa shape index (κ1) is 13.4. The summed E-state index contributed by atoms with van der Waals surface area (Å²) in [5.74, 6) is 1.72. The lowest BCUT2D eigenvalue weighted by Crippen LogP contribution is -2.55. The average molecular weight is 296 g/mol. The molecule has 0 spiro atoms. The Morgan fingerprint density at radius 3 is 3.05 bits per heavy atom. The summed E-state index contributed by atoms with van der Waals surface area (Å²) in [6.45, 7) is 6.07. The Balaban J connectivity index is 1.65. The molecule has 1 N–H and O–H groups in total. The molecule has 2 fully saturated rings. The average Bonchev–Trinajstić information content (AvgIpc) is 3.01. The number of nitrogens with zero attached hydrogens (tertiary/aromatic N) is 5. The van der Waals surface area contributed by atoms with E-state index in [1.165, 1.54) is 6.42 Å². The van der Waals surface area contributed by atoms with E-state index in [-0.39, 0.29) is 5.41 Å². The number of H-pyrrole nitrogens is 1. The van der Waals surface area contributed by atoms with Crippen LogP contribution in [0.15, 0.2) is 18.6 Å². The van der Waals surface area contributed by atoms with E-state index in [0.29, 0.717) is 5.92 Å². The van der Waals surface area contributed by atoms with Crippen molar-refractivity contribution in [3.8, 4) is 6.19 Å². The van der Waals surface area contributed by atoms with Crippen LogP contribution in [0, 0.1) is 22.8 Å². The minimum Gasteiger partial charge on any atom is -0.355 e. The van der Waals surface area contributed by atoms with E-state index < -0.39 is 0 Å². The third-order valence-corrected chi connectivity index (χ3v) is 5.36. The quantitative estimate of drug-likeness (QED) is 0.815. The largest absolute Gasteiger partial charge is 0.355 e. The van der Waals surface area contributed by atoms with Gasteiger partial charge in [0.1, 0.15) is 17.8 Å². The summed E-state index contributed by atoms with van der Waals surface area (Å²) in [6, 6.07) is 2.04. The number of nitriles is 1. The predicted molar refractivity (Wildman–Crippen MR) is 84.1 cm³/mol. The van der Waals surface area contributed by atoms with E-state index >= 15 is 0 Å². The molecular formula is C16H20N6. The predicted octanol–water partition coefficient (Wildman–Crippen LogP) is 1.98. The molecule has 6 nitrogen and oxygen atoms in total. The molecule has 2 unspecified atom stereocenters. The van der Waals surface area contributed by atoms with Gasteiger partial charge in [-0.3, -0.25) is 0 Å². The topological polar surface area (TPSA) is 71.8 Å². The molecule has 2 atom stereocenters. The lowest BCUT2D eigenvalue weighted by Gasteiger charge is -2.51. The highest BCUT2D eigenvalue weighted by molar-refractivity contribution is 5.87. The number of aromatic nitrogens is 3. The number of nitrogens with one attached hydrogen (secondary N) is 1. The Morgan fingerprint density at radius 2 is 2.18 bits per heavy atom. The van der Waals surface area contributed by atoms with Crippen molar-refractivity contribution in [2.45, 2.75) is 19.8 Å². The summed E-state index contributed by atoms with van der Waals surface area (Å²) in [7, 11) is 0. The Labute approximate surface area is 129 Å². The van der Waals surface area contributed by atoms with Gasteiger partial charge in [-0.1, -0.05) is 6.92 Å². The van der Waals surface area contributed by atoms with Gasteiger partial charge in [0.15, 0.2) is 6.19 Å². The third-order valence-electron chi connectivity index (χ3n) is 5.36. The Kier molecular flexibility index (Phi) is 2.96. The fourth-order valence-electron chi connectivity index (χ4n) is 4.18. The normalized spacial score (nSPS) is 28.5. The summed E-state index contributed by atoms with van der Waals surface area (Å²) in [6.07, 6.45) is 8.17. The van der Waals surface area contributed by atoms with Crippen LogP contribution in [0.2, 0.25) is 0 Å². The Morgan fingerprint density at radius 1 is 1.32 bits per heavy atom. The van der Waals surface area contributed by atoms with Crippen LogP contribution in [0.25, 0.3) is 11.0 Å². The first-order chi connectivity index (χ1) is 10.7. The minimum atomic E-state index is 0.153. The lowest BCUT2D eigenvalue weighted by molar-refractivity contribution is 0.0560. The van der Waals surface area contributed by atoms with Crippen molar-refractivity contribution < 1.29 is 0 Å². The SMILES string of the molecule is CC12CN(C#N)CCC1CCN(c1ncnc3[nH]ccc13)C2. The van der Waals surface area contributed by atoms with E-state index in [1.807, 2.05) is 17.2 Å². The van der Waals surface area contributed by atoms with E-state index in [2.05, 4.69) is 33.0 Å². The summed E-state index contributed by atoms with van der Waals surface area (Å²) >= 11 is 0. The smallest absolute Gasteiger partial charge is 0.179 e. The van der Waals surface area contributed by atoms with Gasteiger partial charge in [0.25, 0.3) is 0 Å². The number of piperidine rings is 2. The van der Waals surface area contributed by atoms with Gasteiger partial charge in [-0.15, -0.1) is 0 Å². The van der Waals surface area contributed by atoms with Crippen LogP contribution in [-0.2, 0) is 0 Å². The van der Waals surface area contributed by atoms with Gasteiger partial charge < -0.3 is 14.8 Å². The van der Waals surface area contributed by atoms with Gasteiger partial charge in [0.05, 0.1) is 5.39 Å². The van der Waals surface area contributed by atoms with Crippen molar-refractivity contribution in [3.63, 3.8) is 0 Å². The molecule has 0 amide bonds. The number of fused-ring (bicyclic) bond motifs is 2. The number of hydrogen-bond acceptors (Lipinski definition) is 5. The molecule has 0 bridgehead atoms. The summed E-state index contributed by atoms with van der Waals surface area (Å²) < 4.78 is 0. The van der Waals surface area contributed by atoms with Crippen molar-refractivity contribution in [2.24, 2.45) is 11.3 Å². The molecule has 2 aliphatic rings. The Bertz CT molecular complexity index is 732. The van der Waals surface area contributed by atoms with Crippen LogP contribution in [-0.4, -0.2) is 46.0 Å². The molecule has 2 aliphatic heterocycles. The highest BCUT2D eigenvalue weighted by Crippen LogP contribution is 2.42. The number of aromatic amines is 1. The molecule has 4 heterocycles. The second-order valence-corrected chi connectivity index (χ2v) is 6.81. The van der Waals surface area contributed by atoms with Gasteiger partial charge >= 0.3 is 0 Å². The molecule has 114 valence electrons. The fraction of sp³-hybridized carbons (Fsp3) is 0.562. The zero-order valence-corrected chi connectivity index (χ0v) is 12.8.